The van der Waals surface area contributed by atoms with Crippen LogP contribution in [-0.4, -0.2) is 17.9 Å². The van der Waals surface area contributed by atoms with Crippen LogP contribution in [0, 0.1) is 11.3 Å². The van der Waals surface area contributed by atoms with Crippen molar-refractivity contribution in [2.24, 2.45) is 0 Å². The Bertz CT molecular complexity index is 327. The fourth-order valence-corrected chi connectivity index (χ4v) is 0.888. The van der Waals surface area contributed by atoms with Gasteiger partial charge in [0, 0.05) is 6.42 Å². The van der Waals surface area contributed by atoms with Crippen LogP contribution in [0.4, 0.5) is 0 Å². The lowest BCUT2D eigenvalue weighted by molar-refractivity contribution is 0.111. The number of hydrogen-bond acceptors (Lipinski definition) is 4. The summed E-state index contributed by atoms with van der Waals surface area (Å²) < 4.78 is 5.28. The average Bonchev–Trinajstić information content (AvgIpc) is 2.25. The summed E-state index contributed by atoms with van der Waals surface area (Å²) in [5.74, 6) is 0.619. The van der Waals surface area contributed by atoms with Gasteiger partial charge in [-0.1, -0.05) is 0 Å². The quantitative estimate of drug-likeness (QED) is 0.522. The van der Waals surface area contributed by atoms with Crippen LogP contribution in [0.1, 0.15) is 23.3 Å². The first-order valence-corrected chi connectivity index (χ1v) is 4.28. The van der Waals surface area contributed by atoms with Crippen molar-refractivity contribution in [3.8, 4) is 11.8 Å². The van der Waals surface area contributed by atoms with E-state index in [2.05, 4.69) is 4.98 Å². The molecule has 0 spiro atoms. The number of pyridine rings is 1. The first kappa shape index (κ1) is 10.2. The first-order valence-electron chi connectivity index (χ1n) is 4.28. The van der Waals surface area contributed by atoms with E-state index in [0.29, 0.717) is 37.2 Å². The first-order chi connectivity index (χ1) is 6.86. The predicted octanol–water partition coefficient (Wildman–Crippen LogP) is 1.58. The molecular weight excluding hydrogens is 180 g/mol. The molecule has 0 N–H and O–H groups in total. The summed E-state index contributed by atoms with van der Waals surface area (Å²) in [5, 5.41) is 8.27. The summed E-state index contributed by atoms with van der Waals surface area (Å²) in [6, 6.07) is 5.30. The molecule has 0 aliphatic heterocycles. The Morgan fingerprint density at radius 2 is 2.43 bits per heavy atom. The molecular formula is C10H10N2O2. The van der Waals surface area contributed by atoms with Crippen LogP contribution in [0.15, 0.2) is 18.3 Å². The van der Waals surface area contributed by atoms with Crippen molar-refractivity contribution in [1.29, 1.82) is 5.26 Å². The van der Waals surface area contributed by atoms with E-state index < -0.39 is 0 Å². The topological polar surface area (TPSA) is 63.0 Å². The number of carbonyl (C=O) groups excluding carboxylic acids is 1. The van der Waals surface area contributed by atoms with E-state index in [-0.39, 0.29) is 0 Å². The third-order valence-corrected chi connectivity index (χ3v) is 1.58. The number of hydrogen-bond donors (Lipinski definition) is 0. The molecule has 1 aromatic heterocycles. The number of rotatable bonds is 5. The van der Waals surface area contributed by atoms with Crippen molar-refractivity contribution in [3.63, 3.8) is 0 Å². The van der Waals surface area contributed by atoms with Crippen molar-refractivity contribution >= 4 is 6.29 Å². The molecule has 14 heavy (non-hydrogen) atoms. The monoisotopic (exact) mass is 190 g/mol. The summed E-state index contributed by atoms with van der Waals surface area (Å²) in [6.07, 6.45) is 3.36. The zero-order valence-corrected chi connectivity index (χ0v) is 7.64. The van der Waals surface area contributed by atoms with Gasteiger partial charge in [-0.25, -0.2) is 4.98 Å². The SMILES string of the molecule is N#CCCCOc1ccc(C=O)nc1. The van der Waals surface area contributed by atoms with Crippen LogP contribution in [0.2, 0.25) is 0 Å². The van der Waals surface area contributed by atoms with Crippen LogP contribution in [0.3, 0.4) is 0 Å². The van der Waals surface area contributed by atoms with Crippen molar-refractivity contribution in [2.75, 3.05) is 6.61 Å². The number of aldehydes is 1. The van der Waals surface area contributed by atoms with E-state index in [0.717, 1.165) is 0 Å². The van der Waals surface area contributed by atoms with E-state index >= 15 is 0 Å². The minimum atomic E-state index is 0.384. The molecule has 0 saturated carbocycles. The van der Waals surface area contributed by atoms with E-state index in [1.54, 1.807) is 12.1 Å². The molecule has 1 heterocycles. The second-order valence-corrected chi connectivity index (χ2v) is 2.65. The Morgan fingerprint density at radius 3 is 3.00 bits per heavy atom. The highest BCUT2D eigenvalue weighted by Gasteiger charge is 1.95. The molecule has 0 fully saturated rings. The summed E-state index contributed by atoms with van der Waals surface area (Å²) in [6.45, 7) is 0.496. The number of ether oxygens (including phenoxy) is 1. The minimum absolute atomic E-state index is 0.384. The number of nitriles is 1. The minimum Gasteiger partial charge on any atom is -0.492 e. The number of unbranched alkanes of at least 4 members (excludes halogenated alkanes) is 1. The van der Waals surface area contributed by atoms with E-state index in [4.69, 9.17) is 10.00 Å². The van der Waals surface area contributed by atoms with E-state index in [1.807, 2.05) is 6.07 Å². The molecule has 1 rings (SSSR count). The maximum absolute atomic E-state index is 10.3. The molecule has 0 bridgehead atoms. The van der Waals surface area contributed by atoms with Gasteiger partial charge in [0.15, 0.2) is 6.29 Å². The van der Waals surface area contributed by atoms with Crippen molar-refractivity contribution < 1.29 is 9.53 Å². The summed E-state index contributed by atoms with van der Waals surface area (Å²) in [7, 11) is 0. The largest absolute Gasteiger partial charge is 0.492 e. The van der Waals surface area contributed by atoms with Gasteiger partial charge in [0.05, 0.1) is 18.9 Å². The summed E-state index contributed by atoms with van der Waals surface area (Å²) in [5.41, 5.74) is 0.384. The Balaban J connectivity index is 2.37. The highest BCUT2D eigenvalue weighted by Crippen LogP contribution is 2.08. The Morgan fingerprint density at radius 1 is 1.57 bits per heavy atom. The van der Waals surface area contributed by atoms with E-state index in [9.17, 15) is 4.79 Å². The predicted molar refractivity (Wildman–Crippen MR) is 50.0 cm³/mol. The van der Waals surface area contributed by atoms with Gasteiger partial charge in [0.25, 0.3) is 0 Å². The molecule has 0 aliphatic rings. The summed E-state index contributed by atoms with van der Waals surface area (Å²) >= 11 is 0. The maximum atomic E-state index is 10.3. The highest BCUT2D eigenvalue weighted by molar-refractivity contribution is 5.71. The zero-order valence-electron chi connectivity index (χ0n) is 7.64. The fourth-order valence-electron chi connectivity index (χ4n) is 0.888. The van der Waals surface area contributed by atoms with Gasteiger partial charge >= 0.3 is 0 Å². The normalized spacial score (nSPS) is 9.07. The van der Waals surface area contributed by atoms with Gasteiger partial charge in [0.1, 0.15) is 11.4 Å². The van der Waals surface area contributed by atoms with Gasteiger partial charge in [-0.3, -0.25) is 4.79 Å². The molecule has 1 aromatic rings. The maximum Gasteiger partial charge on any atom is 0.168 e. The molecule has 72 valence electrons. The fraction of sp³-hybridized carbons (Fsp3) is 0.300. The zero-order chi connectivity index (χ0) is 10.2. The molecule has 0 radical (unpaired) electrons. The third-order valence-electron chi connectivity index (χ3n) is 1.58. The van der Waals surface area contributed by atoms with Crippen molar-refractivity contribution in [1.82, 2.24) is 4.98 Å². The molecule has 4 heteroatoms. The van der Waals surface area contributed by atoms with Crippen LogP contribution in [0.25, 0.3) is 0 Å². The van der Waals surface area contributed by atoms with Crippen molar-refractivity contribution in [3.05, 3.63) is 24.0 Å². The van der Waals surface area contributed by atoms with Gasteiger partial charge < -0.3 is 4.74 Å². The lowest BCUT2D eigenvalue weighted by Gasteiger charge is -2.03. The van der Waals surface area contributed by atoms with Crippen LogP contribution < -0.4 is 4.74 Å². The molecule has 0 aromatic carbocycles. The lowest BCUT2D eigenvalue weighted by atomic mass is 10.3. The second kappa shape index (κ2) is 5.70. The smallest absolute Gasteiger partial charge is 0.168 e. The van der Waals surface area contributed by atoms with Crippen LogP contribution in [-0.2, 0) is 0 Å². The Kier molecular flexibility index (Phi) is 4.15. The number of nitrogens with zero attached hydrogens (tertiary/aromatic N) is 2. The standard InChI is InChI=1S/C10H10N2O2/c11-5-1-2-6-14-10-4-3-9(8-13)12-7-10/h3-4,7-8H,1-2,6H2. The third kappa shape index (κ3) is 3.23. The van der Waals surface area contributed by atoms with Gasteiger partial charge in [-0.2, -0.15) is 5.26 Å². The second-order valence-electron chi connectivity index (χ2n) is 2.65. The molecule has 0 aliphatic carbocycles. The van der Waals surface area contributed by atoms with Crippen LogP contribution in [0.5, 0.6) is 5.75 Å². The molecule has 0 atom stereocenters. The van der Waals surface area contributed by atoms with Gasteiger partial charge in [-0.15, -0.1) is 0 Å². The van der Waals surface area contributed by atoms with Gasteiger partial charge in [-0.05, 0) is 18.6 Å². The highest BCUT2D eigenvalue weighted by atomic mass is 16.5. The number of aromatic nitrogens is 1. The Labute approximate surface area is 82.1 Å². The van der Waals surface area contributed by atoms with Crippen LogP contribution >= 0.6 is 0 Å². The summed E-state index contributed by atoms with van der Waals surface area (Å²) in [4.78, 5) is 14.1. The molecule has 4 nitrogen and oxygen atoms in total. The van der Waals surface area contributed by atoms with Gasteiger partial charge in [0.2, 0.25) is 0 Å². The Hall–Kier alpha value is -1.89. The average molecular weight is 190 g/mol. The number of carbonyl (C=O) groups is 1. The van der Waals surface area contributed by atoms with Crippen molar-refractivity contribution in [2.45, 2.75) is 12.8 Å². The molecule has 0 amide bonds. The molecule has 0 unspecified atom stereocenters. The lowest BCUT2D eigenvalue weighted by Crippen LogP contribution is -1.97. The molecule has 0 saturated heterocycles. The van der Waals surface area contributed by atoms with E-state index in [1.165, 1.54) is 6.20 Å².